The van der Waals surface area contributed by atoms with Gasteiger partial charge in [-0.3, -0.25) is 9.48 Å². The third-order valence-electron chi connectivity index (χ3n) is 4.78. The second-order valence-electron chi connectivity index (χ2n) is 6.26. The predicted molar refractivity (Wildman–Crippen MR) is 95.7 cm³/mol. The van der Waals surface area contributed by atoms with Crippen LogP contribution >= 0.6 is 0 Å². The van der Waals surface area contributed by atoms with E-state index in [-0.39, 0.29) is 0 Å². The Bertz CT molecular complexity index is 768. The molecule has 0 radical (unpaired) electrons. The summed E-state index contributed by atoms with van der Waals surface area (Å²) in [6, 6.07) is 9.40. The summed E-state index contributed by atoms with van der Waals surface area (Å²) in [5.41, 5.74) is 2.65. The van der Waals surface area contributed by atoms with Crippen LogP contribution in [-0.2, 0) is 18.4 Å². The number of hydrogen-bond acceptors (Lipinski definition) is 4. The molecule has 0 fully saturated rings. The minimum Gasteiger partial charge on any atom is -0.481 e. The molecule has 0 bridgehead atoms. The van der Waals surface area contributed by atoms with Crippen molar-refractivity contribution < 1.29 is 9.90 Å². The van der Waals surface area contributed by atoms with E-state index in [1.807, 2.05) is 39.2 Å². The number of nitrogens with one attached hydrogen (secondary N) is 1. The van der Waals surface area contributed by atoms with Crippen molar-refractivity contribution in [2.45, 2.75) is 33.2 Å². The van der Waals surface area contributed by atoms with Crippen molar-refractivity contribution >= 4 is 5.97 Å². The Kier molecular flexibility index (Phi) is 5.94. The average molecular weight is 340 g/mol. The van der Waals surface area contributed by atoms with E-state index in [0.717, 1.165) is 16.8 Å². The van der Waals surface area contributed by atoms with Crippen LogP contribution < -0.4 is 5.32 Å². The molecule has 0 aliphatic rings. The normalized spacial score (nSPS) is 11.3. The maximum absolute atomic E-state index is 11.6. The Morgan fingerprint density at radius 3 is 2.48 bits per heavy atom. The first-order valence-electron chi connectivity index (χ1n) is 8.43. The molecule has 2 aromatic rings. The minimum atomic E-state index is -0.761. The van der Waals surface area contributed by atoms with Crippen LogP contribution in [0, 0.1) is 16.7 Å². The van der Waals surface area contributed by atoms with Crippen LogP contribution in [0.15, 0.2) is 30.5 Å². The third-order valence-corrected chi connectivity index (χ3v) is 4.78. The molecule has 6 heteroatoms. The summed E-state index contributed by atoms with van der Waals surface area (Å²) in [4.78, 5) is 11.6. The number of hydrogen-bond donors (Lipinski definition) is 2. The van der Waals surface area contributed by atoms with Crippen molar-refractivity contribution in [1.29, 1.82) is 5.26 Å². The van der Waals surface area contributed by atoms with Crippen molar-refractivity contribution in [3.63, 3.8) is 0 Å². The first-order chi connectivity index (χ1) is 12.0. The van der Waals surface area contributed by atoms with Crippen LogP contribution in [0.5, 0.6) is 0 Å². The van der Waals surface area contributed by atoms with Gasteiger partial charge in [-0.05, 0) is 25.0 Å². The van der Waals surface area contributed by atoms with Gasteiger partial charge in [0.2, 0.25) is 0 Å². The molecule has 25 heavy (non-hydrogen) atoms. The topological polar surface area (TPSA) is 90.9 Å². The van der Waals surface area contributed by atoms with Crippen molar-refractivity contribution in [2.24, 2.45) is 12.5 Å². The molecule has 132 valence electrons. The van der Waals surface area contributed by atoms with Gasteiger partial charge in [-0.2, -0.15) is 10.4 Å². The molecule has 6 nitrogen and oxygen atoms in total. The van der Waals surface area contributed by atoms with Crippen LogP contribution in [0.3, 0.4) is 0 Å². The molecule has 0 atom stereocenters. The highest BCUT2D eigenvalue weighted by Crippen LogP contribution is 2.27. The summed E-state index contributed by atoms with van der Waals surface area (Å²) in [6.45, 7) is 4.77. The van der Waals surface area contributed by atoms with E-state index in [1.165, 1.54) is 0 Å². The number of nitrogens with zero attached hydrogens (tertiary/aromatic N) is 3. The lowest BCUT2D eigenvalue weighted by Gasteiger charge is -2.27. The number of carboxylic acid groups (broad SMARTS) is 1. The summed E-state index contributed by atoms with van der Waals surface area (Å²) >= 11 is 0. The van der Waals surface area contributed by atoms with Gasteiger partial charge >= 0.3 is 5.97 Å². The Hall–Kier alpha value is -2.65. The van der Waals surface area contributed by atoms with Gasteiger partial charge in [0.05, 0.1) is 22.7 Å². The molecular weight excluding hydrogens is 316 g/mol. The second-order valence-corrected chi connectivity index (χ2v) is 6.26. The molecule has 0 amide bonds. The average Bonchev–Trinajstić information content (AvgIpc) is 2.99. The van der Waals surface area contributed by atoms with Gasteiger partial charge in [0.25, 0.3) is 0 Å². The summed E-state index contributed by atoms with van der Waals surface area (Å²) in [5.74, 6) is -0.761. The zero-order valence-corrected chi connectivity index (χ0v) is 14.9. The molecule has 0 aliphatic heterocycles. The van der Waals surface area contributed by atoms with E-state index in [2.05, 4.69) is 16.5 Å². The highest BCUT2D eigenvalue weighted by Gasteiger charge is 2.34. The standard InChI is InChI=1S/C19H24N4O2/c1-4-19(5-2,18(24)25)13-21-11-16-12-23(3)22-17(16)15-8-6-14(10-20)7-9-15/h6-9,12,21H,4-5,11,13H2,1-3H3,(H,24,25). The summed E-state index contributed by atoms with van der Waals surface area (Å²) < 4.78 is 1.74. The number of aliphatic carboxylic acids is 1. The fraction of sp³-hybridized carbons (Fsp3) is 0.421. The van der Waals surface area contributed by atoms with E-state index in [9.17, 15) is 9.90 Å². The highest BCUT2D eigenvalue weighted by molar-refractivity contribution is 5.74. The fourth-order valence-electron chi connectivity index (χ4n) is 2.93. The van der Waals surface area contributed by atoms with Gasteiger partial charge in [0, 0.05) is 37.5 Å². The van der Waals surface area contributed by atoms with Crippen molar-refractivity contribution in [3.05, 3.63) is 41.6 Å². The zero-order chi connectivity index (χ0) is 18.4. The van der Waals surface area contributed by atoms with E-state index >= 15 is 0 Å². The second kappa shape index (κ2) is 7.95. The van der Waals surface area contributed by atoms with Crippen LogP contribution in [0.1, 0.15) is 37.8 Å². The lowest BCUT2D eigenvalue weighted by molar-refractivity contribution is -0.149. The summed E-state index contributed by atoms with van der Waals surface area (Å²) in [6.07, 6.45) is 3.10. The molecule has 1 aromatic heterocycles. The van der Waals surface area contributed by atoms with Crippen molar-refractivity contribution in [1.82, 2.24) is 15.1 Å². The molecule has 0 unspecified atom stereocenters. The van der Waals surface area contributed by atoms with Crippen LogP contribution in [0.4, 0.5) is 0 Å². The van der Waals surface area contributed by atoms with Gasteiger partial charge in [-0.1, -0.05) is 26.0 Å². The number of aromatic nitrogens is 2. The molecule has 2 N–H and O–H groups in total. The largest absolute Gasteiger partial charge is 0.481 e. The number of benzene rings is 1. The van der Waals surface area contributed by atoms with E-state index in [1.54, 1.807) is 16.8 Å². The highest BCUT2D eigenvalue weighted by atomic mass is 16.4. The monoisotopic (exact) mass is 340 g/mol. The van der Waals surface area contributed by atoms with Gasteiger partial charge in [-0.25, -0.2) is 0 Å². The van der Waals surface area contributed by atoms with E-state index in [0.29, 0.717) is 31.5 Å². The minimum absolute atomic E-state index is 0.414. The van der Waals surface area contributed by atoms with Gasteiger partial charge in [0.1, 0.15) is 0 Å². The lowest BCUT2D eigenvalue weighted by atomic mass is 9.82. The lowest BCUT2D eigenvalue weighted by Crippen LogP contribution is -2.40. The molecule has 0 saturated heterocycles. The molecule has 1 aromatic carbocycles. The Balaban J connectivity index is 2.15. The quantitative estimate of drug-likeness (QED) is 0.771. The molecule has 2 rings (SSSR count). The van der Waals surface area contributed by atoms with Crippen LogP contribution in [-0.4, -0.2) is 27.4 Å². The predicted octanol–water partition coefficient (Wildman–Crippen LogP) is 2.94. The first-order valence-corrected chi connectivity index (χ1v) is 8.43. The SMILES string of the molecule is CCC(CC)(CNCc1cn(C)nc1-c1ccc(C#N)cc1)C(=O)O. The maximum atomic E-state index is 11.6. The number of aryl methyl sites for hydroxylation is 1. The number of carbonyl (C=O) groups is 1. The molecule has 0 aliphatic carbocycles. The van der Waals surface area contributed by atoms with Gasteiger partial charge in [0.15, 0.2) is 0 Å². The number of rotatable bonds is 8. The van der Waals surface area contributed by atoms with Gasteiger partial charge in [-0.15, -0.1) is 0 Å². The Morgan fingerprint density at radius 1 is 1.32 bits per heavy atom. The molecular formula is C19H24N4O2. The Labute approximate surface area is 148 Å². The van der Waals surface area contributed by atoms with Crippen LogP contribution in [0.2, 0.25) is 0 Å². The van der Waals surface area contributed by atoms with Gasteiger partial charge < -0.3 is 10.4 Å². The van der Waals surface area contributed by atoms with Crippen molar-refractivity contribution in [2.75, 3.05) is 6.54 Å². The smallest absolute Gasteiger partial charge is 0.310 e. The summed E-state index contributed by atoms with van der Waals surface area (Å²) in [5, 5.41) is 26.2. The first kappa shape index (κ1) is 18.7. The molecule has 1 heterocycles. The third kappa shape index (κ3) is 4.06. The summed E-state index contributed by atoms with van der Waals surface area (Å²) in [7, 11) is 1.86. The Morgan fingerprint density at radius 2 is 1.96 bits per heavy atom. The van der Waals surface area contributed by atoms with E-state index < -0.39 is 11.4 Å². The van der Waals surface area contributed by atoms with E-state index in [4.69, 9.17) is 5.26 Å². The fourth-order valence-corrected chi connectivity index (χ4v) is 2.93. The zero-order valence-electron chi connectivity index (χ0n) is 14.9. The number of nitriles is 1. The molecule has 0 spiro atoms. The van der Waals surface area contributed by atoms with Crippen molar-refractivity contribution in [3.8, 4) is 17.3 Å². The maximum Gasteiger partial charge on any atom is 0.310 e. The van der Waals surface area contributed by atoms with Crippen LogP contribution in [0.25, 0.3) is 11.3 Å². The molecule has 0 saturated carbocycles. The number of carboxylic acids is 1.